The Bertz CT molecular complexity index is 1950. The van der Waals surface area contributed by atoms with Crippen LogP contribution in [0.5, 0.6) is 0 Å². The van der Waals surface area contributed by atoms with Gasteiger partial charge < -0.3 is 30.1 Å². The Morgan fingerprint density at radius 2 is 1.07 bits per heavy atom. The lowest BCUT2D eigenvalue weighted by Gasteiger charge is -2.53. The molecule has 14 heteroatoms. The van der Waals surface area contributed by atoms with Crippen LogP contribution in [0.25, 0.3) is 11.3 Å². The van der Waals surface area contributed by atoms with Crippen molar-refractivity contribution in [3.05, 3.63) is 59.6 Å². The number of fused-ring (bicyclic) bond motifs is 3. The van der Waals surface area contributed by atoms with Gasteiger partial charge in [-0.3, -0.25) is 9.59 Å². The summed E-state index contributed by atoms with van der Waals surface area (Å²) in [7, 11) is 0. The predicted molar refractivity (Wildman–Crippen MR) is 211 cm³/mol. The van der Waals surface area contributed by atoms with E-state index >= 15 is 0 Å². The van der Waals surface area contributed by atoms with Crippen LogP contribution in [0.1, 0.15) is 155 Å². The van der Waals surface area contributed by atoms with Crippen molar-refractivity contribution in [1.82, 2.24) is 30.6 Å². The third-order valence-electron chi connectivity index (χ3n) is 13.7. The number of benzene rings is 1. The maximum Gasteiger partial charge on any atom is 0.271 e. The number of nitrogens with zero attached hydrogens (tertiary/aromatic N) is 2. The lowest BCUT2D eigenvalue weighted by atomic mass is 9.51. The van der Waals surface area contributed by atoms with Gasteiger partial charge in [-0.2, -0.15) is 0 Å². The second kappa shape index (κ2) is 14.4. The number of imidazole rings is 2. The van der Waals surface area contributed by atoms with Crippen LogP contribution < -0.4 is 10.6 Å². The lowest BCUT2D eigenvalue weighted by Crippen LogP contribution is -2.54. The van der Waals surface area contributed by atoms with E-state index in [9.17, 15) is 27.2 Å². The van der Waals surface area contributed by atoms with Crippen LogP contribution in [0.15, 0.2) is 36.7 Å². The summed E-state index contributed by atoms with van der Waals surface area (Å²) in [5.74, 6) is -5.46. The summed E-state index contributed by atoms with van der Waals surface area (Å²) in [5.41, 5.74) is 0.679. The van der Waals surface area contributed by atoms with Crippen molar-refractivity contribution in [3.8, 4) is 11.3 Å². The van der Waals surface area contributed by atoms with Crippen molar-refractivity contribution in [2.75, 3.05) is 13.2 Å². The molecule has 2 amide bonds. The number of ether oxygens (including phenoxy) is 2. The summed E-state index contributed by atoms with van der Waals surface area (Å²) in [6.07, 6.45) is 8.85. The Balaban J connectivity index is 1.01. The second-order valence-electron chi connectivity index (χ2n) is 20.3. The third kappa shape index (κ3) is 8.20. The highest BCUT2D eigenvalue weighted by molar-refractivity contribution is 5.86. The highest BCUT2D eigenvalue weighted by atomic mass is 19.3. The Morgan fingerprint density at radius 1 is 0.638 bits per heavy atom. The molecule has 10 nitrogen and oxygen atoms in total. The number of nitrogens with one attached hydrogen (secondary N) is 4. The quantitative estimate of drug-likeness (QED) is 0.159. The number of aromatic amines is 2. The van der Waals surface area contributed by atoms with Gasteiger partial charge in [0.15, 0.2) is 0 Å². The van der Waals surface area contributed by atoms with Crippen molar-refractivity contribution in [3.63, 3.8) is 0 Å². The molecule has 4 atom stereocenters. The van der Waals surface area contributed by atoms with Gasteiger partial charge in [0.05, 0.1) is 24.0 Å². The Hall–Kier alpha value is -3.78. The summed E-state index contributed by atoms with van der Waals surface area (Å²) >= 11 is 0. The van der Waals surface area contributed by atoms with Crippen molar-refractivity contribution in [2.45, 2.75) is 166 Å². The molecule has 3 aliphatic carbocycles. The Morgan fingerprint density at radius 3 is 1.50 bits per heavy atom. The van der Waals surface area contributed by atoms with Gasteiger partial charge in [0.2, 0.25) is 0 Å². The molecule has 0 unspecified atom stereocenters. The largest absolute Gasteiger partial charge is 0.359 e. The summed E-state index contributed by atoms with van der Waals surface area (Å²) in [5, 5.41) is 6.14. The summed E-state index contributed by atoms with van der Waals surface area (Å²) < 4.78 is 66.1. The van der Waals surface area contributed by atoms with Crippen LogP contribution in [0.3, 0.4) is 0 Å². The highest BCUT2D eigenvalue weighted by Gasteiger charge is 2.52. The number of hydrogen-bond donors (Lipinski definition) is 4. The SMILES string of the molecule is CC(C)(C)[C@H](NC(=O)[C@@]1(C)CCC(F)(F)CO1)c1ncc(-c2ccc(C34CCC(c5cnc([C@@H](NC(=O)[C@@]6(C)CCC(F)(F)CO6)C(C)(C)C)[nH]5)(CC3)CC4)cc2)[nH]1. The number of rotatable bonds is 9. The van der Waals surface area contributed by atoms with Crippen LogP contribution in [-0.2, 0) is 29.9 Å². The van der Waals surface area contributed by atoms with E-state index in [1.165, 1.54) is 5.56 Å². The maximum atomic E-state index is 13.8. The summed E-state index contributed by atoms with van der Waals surface area (Å²) in [6, 6.07) is 7.69. The fraction of sp³-hybridized carbons (Fsp3) is 0.682. The molecule has 0 spiro atoms. The molecule has 2 aliphatic heterocycles. The molecule has 0 radical (unpaired) electrons. The minimum atomic E-state index is -2.93. The molecule has 2 bridgehead atoms. The van der Waals surface area contributed by atoms with E-state index in [0.717, 1.165) is 55.5 Å². The van der Waals surface area contributed by atoms with E-state index in [1.807, 2.05) is 47.7 Å². The third-order valence-corrected chi connectivity index (χ3v) is 13.7. The van der Waals surface area contributed by atoms with Crippen molar-refractivity contribution in [1.29, 1.82) is 0 Å². The van der Waals surface area contributed by atoms with E-state index in [0.29, 0.717) is 11.6 Å². The fourth-order valence-corrected chi connectivity index (χ4v) is 9.39. The molecule has 8 rings (SSSR count). The van der Waals surface area contributed by atoms with Gasteiger partial charge in [0.1, 0.15) is 36.1 Å². The normalized spacial score (nSPS) is 30.7. The van der Waals surface area contributed by atoms with Crippen molar-refractivity contribution in [2.24, 2.45) is 10.8 Å². The molecule has 5 fully saturated rings. The molecule has 4 N–H and O–H groups in total. The fourth-order valence-electron chi connectivity index (χ4n) is 9.39. The van der Waals surface area contributed by atoms with E-state index in [1.54, 1.807) is 20.0 Å². The minimum absolute atomic E-state index is 0.0413. The Kier molecular flexibility index (Phi) is 10.5. The van der Waals surface area contributed by atoms with Gasteiger partial charge in [0, 0.05) is 30.1 Å². The van der Waals surface area contributed by atoms with Crippen LogP contribution in [0, 0.1) is 10.8 Å². The van der Waals surface area contributed by atoms with Gasteiger partial charge in [-0.05, 0) is 92.6 Å². The first-order chi connectivity index (χ1) is 26.9. The molecule has 3 saturated carbocycles. The molecular weight excluding hydrogens is 753 g/mol. The molecule has 2 saturated heterocycles. The Labute approximate surface area is 338 Å². The second-order valence-corrected chi connectivity index (χ2v) is 20.3. The zero-order valence-corrected chi connectivity index (χ0v) is 35.1. The van der Waals surface area contributed by atoms with Crippen LogP contribution in [-0.4, -0.2) is 68.0 Å². The highest BCUT2D eigenvalue weighted by Crippen LogP contribution is 2.58. The van der Waals surface area contributed by atoms with Crippen LogP contribution in [0.4, 0.5) is 17.6 Å². The van der Waals surface area contributed by atoms with E-state index in [4.69, 9.17) is 14.5 Å². The first-order valence-corrected chi connectivity index (χ1v) is 20.7. The van der Waals surface area contributed by atoms with Crippen LogP contribution in [0.2, 0.25) is 0 Å². The standard InChI is InChI=1S/C44H60F4N6O4/c1-37(2,3)31(53-35(55)39(7)13-21-43(45,46)25-57-39)33-49-23-29(51-33)27-9-11-28(12-10-27)41-15-18-42(19-16-41,20-17-41)30-24-50-34(52-30)32(38(4,5)6)54-36(56)40(8)14-22-44(47,48)26-58-40/h9-12,23-24,31-32H,13-22,25-26H2,1-8H3,(H,49,51)(H,50,52)(H,53,55)(H,54,56)/t31-,32-,39-,40-,41?,42?/m1/s1. The molecule has 318 valence electrons. The maximum absolute atomic E-state index is 13.8. The molecule has 5 aliphatic rings. The van der Waals surface area contributed by atoms with Crippen LogP contribution >= 0.6 is 0 Å². The number of amides is 2. The monoisotopic (exact) mass is 812 g/mol. The zero-order chi connectivity index (χ0) is 42.2. The number of hydrogen-bond acceptors (Lipinski definition) is 6. The van der Waals surface area contributed by atoms with Crippen molar-refractivity contribution >= 4 is 11.8 Å². The molecule has 1 aromatic carbocycles. The van der Waals surface area contributed by atoms with E-state index in [2.05, 4.69) is 49.9 Å². The summed E-state index contributed by atoms with van der Waals surface area (Å²) in [4.78, 5) is 43.4. The number of alkyl halides is 4. The topological polar surface area (TPSA) is 134 Å². The zero-order valence-electron chi connectivity index (χ0n) is 35.1. The average Bonchev–Trinajstić information content (AvgIpc) is 3.87. The molecule has 58 heavy (non-hydrogen) atoms. The molecule has 4 heterocycles. The van der Waals surface area contributed by atoms with Crippen molar-refractivity contribution < 1.29 is 36.6 Å². The van der Waals surface area contributed by atoms with E-state index < -0.39 is 83.8 Å². The van der Waals surface area contributed by atoms with Gasteiger partial charge in [0.25, 0.3) is 23.7 Å². The van der Waals surface area contributed by atoms with Gasteiger partial charge >= 0.3 is 0 Å². The van der Waals surface area contributed by atoms with Gasteiger partial charge in [-0.1, -0.05) is 65.8 Å². The van der Waals surface area contributed by atoms with E-state index in [-0.39, 0.29) is 23.7 Å². The van der Waals surface area contributed by atoms with Gasteiger partial charge in [-0.25, -0.2) is 27.5 Å². The minimum Gasteiger partial charge on any atom is -0.359 e. The number of aromatic nitrogens is 4. The lowest BCUT2D eigenvalue weighted by molar-refractivity contribution is -0.190. The number of H-pyrrole nitrogens is 2. The van der Waals surface area contributed by atoms with Gasteiger partial charge in [-0.15, -0.1) is 0 Å². The first kappa shape index (κ1) is 42.3. The first-order valence-electron chi connectivity index (χ1n) is 20.7. The smallest absolute Gasteiger partial charge is 0.271 e. The number of halogens is 4. The summed E-state index contributed by atoms with van der Waals surface area (Å²) in [6.45, 7) is 13.6. The number of carbonyl (C=O) groups is 2. The molecule has 3 aromatic rings. The molecular formula is C44H60F4N6O4. The molecule has 2 aromatic heterocycles. The predicted octanol–water partition coefficient (Wildman–Crippen LogP) is 9.16. The number of carbonyl (C=O) groups excluding carboxylic acids is 2. The average molecular weight is 813 g/mol.